The molecule has 0 bridgehead atoms. The first-order valence-electron chi connectivity index (χ1n) is 6.98. The van der Waals surface area contributed by atoms with Gasteiger partial charge in [-0.2, -0.15) is 0 Å². The van der Waals surface area contributed by atoms with Crippen LogP contribution in [-0.2, 0) is 6.42 Å². The van der Waals surface area contributed by atoms with Gasteiger partial charge in [-0.05, 0) is 32.0 Å². The second-order valence-corrected chi connectivity index (χ2v) is 4.95. The number of ether oxygens (including phenoxy) is 2. The largest absolute Gasteiger partial charge is 0.492 e. The van der Waals surface area contributed by atoms with Crippen molar-refractivity contribution in [2.75, 3.05) is 11.9 Å². The minimum absolute atomic E-state index is 0.144. The van der Waals surface area contributed by atoms with Gasteiger partial charge in [-0.15, -0.1) is 0 Å². The number of nitrogens with one attached hydrogen (secondary N) is 1. The van der Waals surface area contributed by atoms with Gasteiger partial charge in [0.2, 0.25) is 0 Å². The lowest BCUT2D eigenvalue weighted by Crippen LogP contribution is -2.12. The molecule has 1 N–H and O–H groups in total. The molecule has 1 aliphatic rings. The molecule has 0 fully saturated rings. The molecular weight excluding hydrogens is 270 g/mol. The number of furan rings is 1. The molecule has 2 heterocycles. The molecule has 5 nitrogen and oxygen atoms in total. The van der Waals surface area contributed by atoms with Crippen molar-refractivity contribution in [1.82, 2.24) is 0 Å². The zero-order valence-electron chi connectivity index (χ0n) is 12.0. The number of hydrogen-bond acceptors (Lipinski definition) is 4. The van der Waals surface area contributed by atoms with Crippen LogP contribution in [0.15, 0.2) is 34.9 Å². The van der Waals surface area contributed by atoms with Gasteiger partial charge in [-0.25, -0.2) is 0 Å². The molecule has 0 radical (unpaired) electrons. The Labute approximate surface area is 122 Å². The van der Waals surface area contributed by atoms with Crippen LogP contribution >= 0.6 is 0 Å². The van der Waals surface area contributed by atoms with Crippen LogP contribution in [0.1, 0.15) is 30.0 Å². The maximum absolute atomic E-state index is 12.1. The minimum Gasteiger partial charge on any atom is -0.492 e. The monoisotopic (exact) mass is 287 g/mol. The molecule has 1 aromatic carbocycles. The second kappa shape index (κ2) is 5.52. The Bertz CT molecular complexity index is 649. The summed E-state index contributed by atoms with van der Waals surface area (Å²) in [5, 5.41) is 2.80. The molecule has 110 valence electrons. The summed E-state index contributed by atoms with van der Waals surface area (Å²) in [4.78, 5) is 12.1. The third-order valence-corrected chi connectivity index (χ3v) is 3.29. The summed E-state index contributed by atoms with van der Waals surface area (Å²) in [5.41, 5.74) is 1.69. The van der Waals surface area contributed by atoms with Gasteiger partial charge in [0.15, 0.2) is 5.76 Å². The summed E-state index contributed by atoms with van der Waals surface area (Å²) in [6.45, 7) is 4.45. The molecule has 0 spiro atoms. The van der Waals surface area contributed by atoms with E-state index in [0.717, 1.165) is 17.7 Å². The Hall–Kier alpha value is -2.43. The van der Waals surface area contributed by atoms with E-state index in [0.29, 0.717) is 18.0 Å². The Kier molecular flexibility index (Phi) is 3.56. The highest BCUT2D eigenvalue weighted by Crippen LogP contribution is 2.38. The van der Waals surface area contributed by atoms with Gasteiger partial charge in [0.05, 0.1) is 18.6 Å². The summed E-state index contributed by atoms with van der Waals surface area (Å²) in [6.07, 6.45) is 2.46. The molecule has 2 aromatic rings. The van der Waals surface area contributed by atoms with Crippen molar-refractivity contribution in [1.29, 1.82) is 0 Å². The summed E-state index contributed by atoms with van der Waals surface area (Å²) in [5.74, 6) is 1.38. The first-order chi connectivity index (χ1) is 10.2. The molecule has 1 atom stereocenters. The van der Waals surface area contributed by atoms with E-state index in [-0.39, 0.29) is 17.8 Å². The molecule has 0 unspecified atom stereocenters. The van der Waals surface area contributed by atoms with Gasteiger partial charge in [0.1, 0.15) is 17.6 Å². The van der Waals surface area contributed by atoms with E-state index in [1.807, 2.05) is 26.0 Å². The van der Waals surface area contributed by atoms with Crippen molar-refractivity contribution in [3.05, 3.63) is 41.9 Å². The van der Waals surface area contributed by atoms with Crippen LogP contribution in [0.2, 0.25) is 0 Å². The Morgan fingerprint density at radius 1 is 1.48 bits per heavy atom. The second-order valence-electron chi connectivity index (χ2n) is 4.95. The van der Waals surface area contributed by atoms with Gasteiger partial charge < -0.3 is 19.2 Å². The number of hydrogen-bond donors (Lipinski definition) is 1. The van der Waals surface area contributed by atoms with Crippen molar-refractivity contribution in [2.45, 2.75) is 26.4 Å². The number of amides is 1. The number of anilines is 1. The molecule has 0 saturated carbocycles. The molecule has 5 heteroatoms. The fourth-order valence-corrected chi connectivity index (χ4v) is 2.40. The highest BCUT2D eigenvalue weighted by Gasteiger charge is 2.23. The molecule has 1 aliphatic heterocycles. The minimum atomic E-state index is -0.313. The van der Waals surface area contributed by atoms with Crippen LogP contribution in [0.4, 0.5) is 5.69 Å². The van der Waals surface area contributed by atoms with E-state index in [9.17, 15) is 4.79 Å². The van der Waals surface area contributed by atoms with E-state index in [2.05, 4.69) is 5.32 Å². The number of carbonyl (C=O) groups is 1. The molecule has 21 heavy (non-hydrogen) atoms. The van der Waals surface area contributed by atoms with Crippen LogP contribution in [0.5, 0.6) is 11.5 Å². The summed E-state index contributed by atoms with van der Waals surface area (Å²) in [6, 6.07) is 7.03. The lowest BCUT2D eigenvalue weighted by molar-refractivity contribution is 0.0996. The summed E-state index contributed by atoms with van der Waals surface area (Å²) in [7, 11) is 0. The van der Waals surface area contributed by atoms with E-state index in [4.69, 9.17) is 13.9 Å². The first-order valence-corrected chi connectivity index (χ1v) is 6.98. The first kappa shape index (κ1) is 13.5. The lowest BCUT2D eigenvalue weighted by Gasteiger charge is -2.13. The zero-order valence-corrected chi connectivity index (χ0v) is 12.0. The molecule has 3 rings (SSSR count). The Balaban J connectivity index is 1.90. The predicted octanol–water partition coefficient (Wildman–Crippen LogP) is 3.25. The fourth-order valence-electron chi connectivity index (χ4n) is 2.40. The van der Waals surface area contributed by atoms with E-state index in [1.165, 1.54) is 6.26 Å². The van der Waals surface area contributed by atoms with Gasteiger partial charge in [0.25, 0.3) is 5.91 Å². The molecule has 1 amide bonds. The van der Waals surface area contributed by atoms with Gasteiger partial charge in [-0.3, -0.25) is 4.79 Å². The van der Waals surface area contributed by atoms with Crippen molar-refractivity contribution >= 4 is 11.6 Å². The summed E-state index contributed by atoms with van der Waals surface area (Å²) >= 11 is 0. The van der Waals surface area contributed by atoms with Gasteiger partial charge in [-0.1, -0.05) is 0 Å². The zero-order chi connectivity index (χ0) is 14.8. The third-order valence-electron chi connectivity index (χ3n) is 3.29. The smallest absolute Gasteiger partial charge is 0.291 e. The third kappa shape index (κ3) is 2.72. The highest BCUT2D eigenvalue weighted by atomic mass is 16.5. The van der Waals surface area contributed by atoms with Crippen molar-refractivity contribution in [2.24, 2.45) is 0 Å². The fraction of sp³-hybridized carbons (Fsp3) is 0.312. The molecule has 0 saturated heterocycles. The van der Waals surface area contributed by atoms with Crippen LogP contribution in [0.25, 0.3) is 0 Å². The summed E-state index contributed by atoms with van der Waals surface area (Å²) < 4.78 is 16.4. The van der Waals surface area contributed by atoms with Crippen molar-refractivity contribution in [3.8, 4) is 11.5 Å². The molecule has 1 aromatic heterocycles. The topological polar surface area (TPSA) is 60.7 Å². The van der Waals surface area contributed by atoms with E-state index >= 15 is 0 Å². The van der Waals surface area contributed by atoms with Crippen molar-refractivity contribution in [3.63, 3.8) is 0 Å². The number of fused-ring (bicyclic) bond motifs is 1. The number of benzene rings is 1. The number of rotatable bonds is 4. The van der Waals surface area contributed by atoms with E-state index < -0.39 is 0 Å². The normalized spacial score (nSPS) is 16.2. The lowest BCUT2D eigenvalue weighted by atomic mass is 10.1. The highest BCUT2D eigenvalue weighted by molar-refractivity contribution is 6.03. The molecule has 0 aliphatic carbocycles. The van der Waals surface area contributed by atoms with Gasteiger partial charge >= 0.3 is 0 Å². The quantitative estimate of drug-likeness (QED) is 0.937. The van der Waals surface area contributed by atoms with Crippen LogP contribution in [0, 0.1) is 0 Å². The maximum atomic E-state index is 12.1. The average Bonchev–Trinajstić information content (AvgIpc) is 3.07. The average molecular weight is 287 g/mol. The Morgan fingerprint density at radius 3 is 3.05 bits per heavy atom. The van der Waals surface area contributed by atoms with Crippen LogP contribution in [0.3, 0.4) is 0 Å². The number of carbonyl (C=O) groups excluding carboxylic acids is 1. The van der Waals surface area contributed by atoms with Crippen molar-refractivity contribution < 1.29 is 18.7 Å². The van der Waals surface area contributed by atoms with Crippen LogP contribution < -0.4 is 14.8 Å². The van der Waals surface area contributed by atoms with E-state index in [1.54, 1.807) is 12.1 Å². The van der Waals surface area contributed by atoms with Gasteiger partial charge in [0, 0.05) is 18.1 Å². The Morgan fingerprint density at radius 2 is 2.33 bits per heavy atom. The SMILES string of the molecule is CCOc1cc2c(cc1NC(=O)c1ccco1)O[C@@H](C)C2. The standard InChI is InChI=1S/C16H17NO4/c1-3-19-15-8-11-7-10(2)21-14(11)9-12(15)17-16(18)13-5-4-6-20-13/h4-6,8-10H,3,7H2,1-2H3,(H,17,18)/t10-/m0/s1. The molecular formula is C16H17NO4. The maximum Gasteiger partial charge on any atom is 0.291 e. The predicted molar refractivity (Wildman–Crippen MR) is 78.1 cm³/mol. The van der Waals surface area contributed by atoms with Crippen LogP contribution in [-0.4, -0.2) is 18.6 Å².